The van der Waals surface area contributed by atoms with E-state index >= 15 is 0 Å². The Kier molecular flexibility index (Phi) is 3.76. The fourth-order valence-electron chi connectivity index (χ4n) is 3.12. The summed E-state index contributed by atoms with van der Waals surface area (Å²) >= 11 is 0. The van der Waals surface area contributed by atoms with Crippen LogP contribution in [-0.2, 0) is 11.8 Å². The molecule has 2 aromatic heterocycles. The first-order valence-corrected chi connectivity index (χ1v) is 7.68. The van der Waals surface area contributed by atoms with Crippen LogP contribution in [0.4, 0.5) is 0 Å². The van der Waals surface area contributed by atoms with E-state index in [1.54, 1.807) is 6.20 Å². The normalized spacial score (nSPS) is 26.0. The number of pyridine rings is 1. The molecule has 0 bridgehead atoms. The second kappa shape index (κ2) is 5.56. The molecule has 2 aromatic rings. The maximum Gasteiger partial charge on any atom is 0.234 e. The minimum Gasteiger partial charge on any atom is -0.338 e. The Bertz CT molecular complexity index is 624. The summed E-state index contributed by atoms with van der Waals surface area (Å²) in [7, 11) is 0. The van der Waals surface area contributed by atoms with E-state index < -0.39 is 0 Å². The third-order valence-corrected chi connectivity index (χ3v) is 4.72. The van der Waals surface area contributed by atoms with Crippen molar-refractivity contribution in [1.29, 1.82) is 0 Å². The molecule has 2 atom stereocenters. The number of rotatable bonds is 3. The van der Waals surface area contributed by atoms with Gasteiger partial charge in [-0.15, -0.1) is 0 Å². The fourth-order valence-corrected chi connectivity index (χ4v) is 3.12. The Morgan fingerprint density at radius 1 is 1.43 bits per heavy atom. The molecule has 5 nitrogen and oxygen atoms in total. The summed E-state index contributed by atoms with van der Waals surface area (Å²) in [6.45, 7) is 4.24. The lowest BCUT2D eigenvalue weighted by molar-refractivity contribution is 0.203. The van der Waals surface area contributed by atoms with E-state index in [2.05, 4.69) is 29.0 Å². The first-order chi connectivity index (χ1) is 10.1. The molecule has 0 saturated heterocycles. The molecule has 0 amide bonds. The van der Waals surface area contributed by atoms with Crippen molar-refractivity contribution in [3.63, 3.8) is 0 Å². The molecule has 1 fully saturated rings. The topological polar surface area (TPSA) is 77.8 Å². The first-order valence-electron chi connectivity index (χ1n) is 7.68. The van der Waals surface area contributed by atoms with E-state index in [4.69, 9.17) is 10.3 Å². The van der Waals surface area contributed by atoms with Crippen molar-refractivity contribution in [1.82, 2.24) is 15.1 Å². The highest BCUT2D eigenvalue weighted by atomic mass is 16.5. The van der Waals surface area contributed by atoms with Gasteiger partial charge in [0.05, 0.1) is 5.41 Å². The van der Waals surface area contributed by atoms with Crippen molar-refractivity contribution in [2.45, 2.75) is 57.4 Å². The Labute approximate surface area is 125 Å². The SMILES string of the molecule is CCc1cnccc1-c1noc(C2(C)CCCCC2N)n1. The zero-order valence-corrected chi connectivity index (χ0v) is 12.7. The summed E-state index contributed by atoms with van der Waals surface area (Å²) in [4.78, 5) is 8.81. The Balaban J connectivity index is 1.96. The van der Waals surface area contributed by atoms with Gasteiger partial charge < -0.3 is 10.3 Å². The smallest absolute Gasteiger partial charge is 0.234 e. The minimum atomic E-state index is -0.205. The van der Waals surface area contributed by atoms with Crippen LogP contribution in [0.1, 0.15) is 51.0 Å². The van der Waals surface area contributed by atoms with Crippen LogP contribution in [0.25, 0.3) is 11.4 Å². The van der Waals surface area contributed by atoms with Crippen LogP contribution < -0.4 is 5.73 Å². The predicted octanol–water partition coefficient (Wildman–Crippen LogP) is 2.85. The molecule has 112 valence electrons. The van der Waals surface area contributed by atoms with Crippen LogP contribution in [0.3, 0.4) is 0 Å². The molecule has 0 radical (unpaired) electrons. The van der Waals surface area contributed by atoms with E-state index in [9.17, 15) is 0 Å². The predicted molar refractivity (Wildman–Crippen MR) is 80.7 cm³/mol. The number of aromatic nitrogens is 3. The highest BCUT2D eigenvalue weighted by molar-refractivity contribution is 5.58. The molecule has 1 aliphatic carbocycles. The summed E-state index contributed by atoms with van der Waals surface area (Å²) in [5.74, 6) is 1.31. The summed E-state index contributed by atoms with van der Waals surface area (Å²) in [5, 5.41) is 4.18. The van der Waals surface area contributed by atoms with Gasteiger partial charge in [-0.1, -0.05) is 24.9 Å². The van der Waals surface area contributed by atoms with Crippen molar-refractivity contribution in [2.75, 3.05) is 0 Å². The molecule has 2 heterocycles. The molecule has 0 spiro atoms. The van der Waals surface area contributed by atoms with Gasteiger partial charge in [0.25, 0.3) is 0 Å². The average molecular weight is 286 g/mol. The Hall–Kier alpha value is -1.75. The maximum atomic E-state index is 6.31. The largest absolute Gasteiger partial charge is 0.338 e. The van der Waals surface area contributed by atoms with Crippen LogP contribution in [-0.4, -0.2) is 21.2 Å². The van der Waals surface area contributed by atoms with Gasteiger partial charge in [0, 0.05) is 24.0 Å². The zero-order valence-electron chi connectivity index (χ0n) is 12.7. The molecule has 5 heteroatoms. The Morgan fingerprint density at radius 3 is 3.05 bits per heavy atom. The minimum absolute atomic E-state index is 0.0858. The van der Waals surface area contributed by atoms with Crippen LogP contribution in [0.5, 0.6) is 0 Å². The van der Waals surface area contributed by atoms with Crippen LogP contribution in [0.2, 0.25) is 0 Å². The standard InChI is InChI=1S/C16H22N4O/c1-3-11-10-18-9-7-12(11)14-19-15(21-20-14)16(2)8-5-4-6-13(16)17/h7,9-10,13H,3-6,8,17H2,1-2H3. The third-order valence-electron chi connectivity index (χ3n) is 4.72. The fraction of sp³-hybridized carbons (Fsp3) is 0.562. The molecule has 2 N–H and O–H groups in total. The van der Waals surface area contributed by atoms with Gasteiger partial charge in [-0.2, -0.15) is 4.98 Å². The highest BCUT2D eigenvalue weighted by Crippen LogP contribution is 2.38. The number of nitrogens with zero attached hydrogens (tertiary/aromatic N) is 3. The van der Waals surface area contributed by atoms with Gasteiger partial charge >= 0.3 is 0 Å². The zero-order chi connectivity index (χ0) is 14.9. The lowest BCUT2D eigenvalue weighted by Crippen LogP contribution is -2.45. The number of hydrogen-bond acceptors (Lipinski definition) is 5. The monoisotopic (exact) mass is 286 g/mol. The molecule has 0 aliphatic heterocycles. The van der Waals surface area contributed by atoms with E-state index in [1.807, 2.05) is 12.3 Å². The van der Waals surface area contributed by atoms with Crippen molar-refractivity contribution < 1.29 is 4.52 Å². The third kappa shape index (κ3) is 2.46. The van der Waals surface area contributed by atoms with E-state index in [0.29, 0.717) is 11.7 Å². The van der Waals surface area contributed by atoms with Crippen molar-refractivity contribution in [3.8, 4) is 11.4 Å². The molecule has 1 saturated carbocycles. The molecule has 1 aliphatic rings. The van der Waals surface area contributed by atoms with E-state index in [0.717, 1.165) is 36.8 Å². The summed E-state index contributed by atoms with van der Waals surface area (Å²) in [6, 6.07) is 2.03. The molecular weight excluding hydrogens is 264 g/mol. The van der Waals surface area contributed by atoms with Gasteiger partial charge in [0.2, 0.25) is 11.7 Å². The van der Waals surface area contributed by atoms with Gasteiger partial charge in [0.15, 0.2) is 0 Å². The number of hydrogen-bond donors (Lipinski definition) is 1. The maximum absolute atomic E-state index is 6.31. The summed E-state index contributed by atoms with van der Waals surface area (Å²) in [5.41, 5.74) is 8.23. The van der Waals surface area contributed by atoms with E-state index in [-0.39, 0.29) is 11.5 Å². The van der Waals surface area contributed by atoms with Gasteiger partial charge in [0.1, 0.15) is 0 Å². The summed E-state index contributed by atoms with van der Waals surface area (Å²) < 4.78 is 5.57. The Morgan fingerprint density at radius 2 is 2.29 bits per heavy atom. The van der Waals surface area contributed by atoms with Crippen LogP contribution >= 0.6 is 0 Å². The highest BCUT2D eigenvalue weighted by Gasteiger charge is 2.40. The number of nitrogens with two attached hydrogens (primary N) is 1. The summed E-state index contributed by atoms with van der Waals surface area (Å²) in [6.07, 6.45) is 8.89. The van der Waals surface area contributed by atoms with Crippen LogP contribution in [0.15, 0.2) is 23.0 Å². The van der Waals surface area contributed by atoms with Gasteiger partial charge in [-0.05, 0) is 37.8 Å². The van der Waals surface area contributed by atoms with Gasteiger partial charge in [-0.3, -0.25) is 4.98 Å². The van der Waals surface area contributed by atoms with Crippen molar-refractivity contribution in [3.05, 3.63) is 29.9 Å². The first kappa shape index (κ1) is 14.2. The molecule has 21 heavy (non-hydrogen) atoms. The van der Waals surface area contributed by atoms with Crippen LogP contribution in [0, 0.1) is 0 Å². The molecule has 2 unspecified atom stereocenters. The molecule has 0 aromatic carbocycles. The lowest BCUT2D eigenvalue weighted by Gasteiger charge is -2.35. The molecular formula is C16H22N4O. The molecule has 3 rings (SSSR count). The second-order valence-electron chi connectivity index (χ2n) is 6.08. The van der Waals surface area contributed by atoms with Gasteiger partial charge in [-0.25, -0.2) is 0 Å². The van der Waals surface area contributed by atoms with Crippen molar-refractivity contribution in [2.24, 2.45) is 5.73 Å². The quantitative estimate of drug-likeness (QED) is 0.938. The van der Waals surface area contributed by atoms with Crippen molar-refractivity contribution >= 4 is 0 Å². The second-order valence-corrected chi connectivity index (χ2v) is 6.08. The lowest BCUT2D eigenvalue weighted by atomic mass is 9.72. The van der Waals surface area contributed by atoms with E-state index in [1.165, 1.54) is 6.42 Å². The number of aryl methyl sites for hydroxylation is 1. The average Bonchev–Trinajstić information content (AvgIpc) is 3.00.